The second-order valence-electron chi connectivity index (χ2n) is 9.09. The van der Waals surface area contributed by atoms with Gasteiger partial charge in [0.2, 0.25) is 5.88 Å². The van der Waals surface area contributed by atoms with Gasteiger partial charge in [-0.15, -0.1) is 0 Å². The molecule has 4 rings (SSSR count). The number of aliphatic hydroxyl groups excluding tert-OH is 2. The van der Waals surface area contributed by atoms with Gasteiger partial charge in [0.05, 0.1) is 29.5 Å². The molecule has 5 nitrogen and oxygen atoms in total. The molecule has 1 heterocycles. The summed E-state index contributed by atoms with van der Waals surface area (Å²) in [6.45, 7) is 1.07. The molecule has 8 heteroatoms. The van der Waals surface area contributed by atoms with Crippen molar-refractivity contribution >= 4 is 23.2 Å². The zero-order valence-corrected chi connectivity index (χ0v) is 23.2. The Morgan fingerprint density at radius 3 is 2.13 bits per heavy atom. The van der Waals surface area contributed by atoms with E-state index in [2.05, 4.69) is 5.32 Å². The average Bonchev–Trinajstić information content (AvgIpc) is 2.94. The van der Waals surface area contributed by atoms with Gasteiger partial charge in [-0.1, -0.05) is 77.8 Å². The molecule has 3 N–H and O–H groups in total. The number of nitrogens with one attached hydrogen (secondary N) is 1. The largest absolute Gasteiger partial charge is 0.481 e. The van der Waals surface area contributed by atoms with Crippen LogP contribution in [0.15, 0.2) is 66.7 Å². The van der Waals surface area contributed by atoms with Crippen LogP contribution in [0.4, 0.5) is 4.39 Å². The van der Waals surface area contributed by atoms with Gasteiger partial charge in [-0.05, 0) is 37.0 Å². The molecule has 0 spiro atoms. The van der Waals surface area contributed by atoms with Gasteiger partial charge in [0.25, 0.3) is 0 Å². The van der Waals surface area contributed by atoms with Crippen LogP contribution in [0.2, 0.25) is 10.0 Å². The molecule has 0 aliphatic heterocycles. The van der Waals surface area contributed by atoms with E-state index in [9.17, 15) is 0 Å². The summed E-state index contributed by atoms with van der Waals surface area (Å²) in [6.07, 6.45) is 2.31. The Labute approximate surface area is 238 Å². The maximum atomic E-state index is 15.1. The van der Waals surface area contributed by atoms with Gasteiger partial charge in [0, 0.05) is 53.1 Å². The third kappa shape index (κ3) is 6.78. The number of nitrogens with zero attached hydrogens (tertiary/aromatic N) is 1. The number of pyridine rings is 1. The van der Waals surface area contributed by atoms with Crippen LogP contribution in [0, 0.1) is 5.82 Å². The van der Waals surface area contributed by atoms with Crippen LogP contribution in [0.1, 0.15) is 24.0 Å². The predicted octanol–water partition coefficient (Wildman–Crippen LogP) is 6.93. The number of aromatic nitrogens is 1. The van der Waals surface area contributed by atoms with Crippen molar-refractivity contribution < 1.29 is 19.3 Å². The number of ether oxygens (including phenoxy) is 1. The van der Waals surface area contributed by atoms with Crippen LogP contribution in [-0.2, 0) is 13.0 Å². The SMILES string of the molecule is COc1nc(-c2cccc(-c3cccc(-c4ccc(CNCCO)cc4F)c3Cl)c2Cl)ccc1CCCCO. The molecule has 0 bridgehead atoms. The molecule has 0 unspecified atom stereocenters. The van der Waals surface area contributed by atoms with Gasteiger partial charge < -0.3 is 20.3 Å². The number of benzene rings is 3. The fourth-order valence-electron chi connectivity index (χ4n) is 4.50. The second kappa shape index (κ2) is 13.9. The van der Waals surface area contributed by atoms with Crippen molar-refractivity contribution in [1.29, 1.82) is 0 Å². The molecule has 0 saturated heterocycles. The summed E-state index contributed by atoms with van der Waals surface area (Å²) in [5.41, 5.74) is 5.47. The maximum absolute atomic E-state index is 15.1. The van der Waals surface area contributed by atoms with E-state index in [1.807, 2.05) is 48.5 Å². The molecule has 0 fully saturated rings. The molecule has 3 aromatic carbocycles. The number of hydrogen-bond donors (Lipinski definition) is 3. The lowest BCUT2D eigenvalue weighted by Crippen LogP contribution is -2.17. The van der Waals surface area contributed by atoms with Gasteiger partial charge >= 0.3 is 0 Å². The monoisotopic (exact) mass is 568 g/mol. The Morgan fingerprint density at radius 2 is 1.49 bits per heavy atom. The number of aliphatic hydroxyl groups is 2. The Kier molecular flexibility index (Phi) is 10.3. The summed E-state index contributed by atoms with van der Waals surface area (Å²) in [5, 5.41) is 21.9. The number of methoxy groups -OCH3 is 1. The zero-order valence-electron chi connectivity index (χ0n) is 21.7. The molecular weight excluding hydrogens is 538 g/mol. The molecule has 0 aliphatic rings. The Morgan fingerprint density at radius 1 is 0.821 bits per heavy atom. The Balaban J connectivity index is 1.68. The molecule has 0 radical (unpaired) electrons. The van der Waals surface area contributed by atoms with Crippen molar-refractivity contribution in [2.24, 2.45) is 0 Å². The minimum atomic E-state index is -0.382. The van der Waals surface area contributed by atoms with E-state index in [0.29, 0.717) is 63.4 Å². The van der Waals surface area contributed by atoms with Gasteiger partial charge in [-0.3, -0.25) is 0 Å². The van der Waals surface area contributed by atoms with E-state index in [1.165, 1.54) is 6.07 Å². The topological polar surface area (TPSA) is 74.6 Å². The fourth-order valence-corrected chi connectivity index (χ4v) is 5.15. The van der Waals surface area contributed by atoms with E-state index >= 15 is 4.39 Å². The summed E-state index contributed by atoms with van der Waals surface area (Å²) in [6, 6.07) is 20.0. The average molecular weight is 570 g/mol. The third-order valence-corrected chi connectivity index (χ3v) is 7.31. The summed E-state index contributed by atoms with van der Waals surface area (Å²) >= 11 is 13.8. The van der Waals surface area contributed by atoms with Gasteiger partial charge in [-0.25, -0.2) is 9.37 Å². The second-order valence-corrected chi connectivity index (χ2v) is 9.85. The standard InChI is InChI=1S/C31H31Cl2FN2O3/c1-39-31-21(6-2-3-16-37)12-14-28(36-31)26-10-5-9-25(30(26)33)24-8-4-7-23(29(24)32)22-13-11-20(18-27(22)34)19-35-15-17-38/h4-5,7-14,18,35,37-38H,2-3,6,15-17,19H2,1H3. The van der Waals surface area contributed by atoms with E-state index in [1.54, 1.807) is 19.2 Å². The van der Waals surface area contributed by atoms with E-state index in [4.69, 9.17) is 43.1 Å². The van der Waals surface area contributed by atoms with E-state index in [-0.39, 0.29) is 19.0 Å². The van der Waals surface area contributed by atoms with Crippen LogP contribution >= 0.6 is 23.2 Å². The highest BCUT2D eigenvalue weighted by molar-refractivity contribution is 6.39. The van der Waals surface area contributed by atoms with Gasteiger partial charge in [0.1, 0.15) is 5.82 Å². The van der Waals surface area contributed by atoms with Crippen LogP contribution < -0.4 is 10.1 Å². The highest BCUT2D eigenvalue weighted by Gasteiger charge is 2.18. The van der Waals surface area contributed by atoms with E-state index < -0.39 is 0 Å². The van der Waals surface area contributed by atoms with E-state index in [0.717, 1.165) is 29.5 Å². The van der Waals surface area contributed by atoms with Gasteiger partial charge in [0.15, 0.2) is 0 Å². The number of rotatable bonds is 12. The lowest BCUT2D eigenvalue weighted by atomic mass is 9.96. The zero-order chi connectivity index (χ0) is 27.8. The van der Waals surface area contributed by atoms with Gasteiger partial charge in [-0.2, -0.15) is 0 Å². The number of unbranched alkanes of at least 4 members (excludes halogenated alkanes) is 1. The van der Waals surface area contributed by atoms with Crippen molar-refractivity contribution in [1.82, 2.24) is 10.3 Å². The Hall–Kier alpha value is -3.00. The fraction of sp³-hybridized carbons (Fsp3) is 0.258. The molecule has 0 aliphatic carbocycles. The third-order valence-electron chi connectivity index (χ3n) is 6.49. The molecule has 0 saturated carbocycles. The van der Waals surface area contributed by atoms with Crippen molar-refractivity contribution in [3.63, 3.8) is 0 Å². The van der Waals surface area contributed by atoms with Crippen molar-refractivity contribution in [3.05, 3.63) is 93.7 Å². The first-order valence-corrected chi connectivity index (χ1v) is 13.6. The first-order chi connectivity index (χ1) is 19.0. The quantitative estimate of drug-likeness (QED) is 0.161. The van der Waals surface area contributed by atoms with Crippen molar-refractivity contribution in [2.75, 3.05) is 26.9 Å². The normalized spacial score (nSPS) is 11.1. The highest BCUT2D eigenvalue weighted by atomic mass is 35.5. The molecule has 0 atom stereocenters. The Bertz CT molecular complexity index is 1430. The smallest absolute Gasteiger partial charge is 0.216 e. The number of halogens is 3. The minimum Gasteiger partial charge on any atom is -0.481 e. The molecule has 1 aromatic heterocycles. The highest BCUT2D eigenvalue weighted by Crippen LogP contribution is 2.42. The van der Waals surface area contributed by atoms with Crippen molar-refractivity contribution in [3.8, 4) is 39.4 Å². The first kappa shape index (κ1) is 29.0. The number of hydrogen-bond acceptors (Lipinski definition) is 5. The summed E-state index contributed by atoms with van der Waals surface area (Å²) in [4.78, 5) is 4.70. The summed E-state index contributed by atoms with van der Waals surface area (Å²) in [5.74, 6) is 0.144. The first-order valence-electron chi connectivity index (χ1n) is 12.8. The lowest BCUT2D eigenvalue weighted by Gasteiger charge is -2.15. The maximum Gasteiger partial charge on any atom is 0.216 e. The number of aryl methyl sites for hydroxylation is 1. The minimum absolute atomic E-state index is 0.0209. The van der Waals surface area contributed by atoms with Crippen LogP contribution in [-0.4, -0.2) is 42.1 Å². The molecule has 4 aromatic rings. The van der Waals surface area contributed by atoms with Crippen LogP contribution in [0.25, 0.3) is 33.5 Å². The molecule has 0 amide bonds. The van der Waals surface area contributed by atoms with Crippen molar-refractivity contribution in [2.45, 2.75) is 25.8 Å². The molecule has 39 heavy (non-hydrogen) atoms. The predicted molar refractivity (Wildman–Crippen MR) is 156 cm³/mol. The lowest BCUT2D eigenvalue weighted by molar-refractivity contribution is 0.284. The van der Waals surface area contributed by atoms with Crippen LogP contribution in [0.5, 0.6) is 5.88 Å². The van der Waals surface area contributed by atoms with Crippen LogP contribution in [0.3, 0.4) is 0 Å². The molecular formula is C31H31Cl2FN2O3. The summed E-state index contributed by atoms with van der Waals surface area (Å²) in [7, 11) is 1.59. The summed E-state index contributed by atoms with van der Waals surface area (Å²) < 4.78 is 20.7. The molecule has 204 valence electrons.